The molecule has 0 atom stereocenters. The zero-order valence-electron chi connectivity index (χ0n) is 17.6. The lowest BCUT2D eigenvalue weighted by atomic mass is 9.78. The van der Waals surface area contributed by atoms with E-state index in [0.717, 1.165) is 33.4 Å². The van der Waals surface area contributed by atoms with Crippen molar-refractivity contribution < 1.29 is 19.8 Å². The van der Waals surface area contributed by atoms with Crippen molar-refractivity contribution >= 4 is 46.3 Å². The largest absolute Gasteiger partial charge is 0.507 e. The third kappa shape index (κ3) is 5.48. The Morgan fingerprint density at radius 3 is 2.10 bits per heavy atom. The van der Waals surface area contributed by atoms with Crippen molar-refractivity contribution in [3.05, 3.63) is 45.9 Å². The number of allylic oxidation sites excluding steroid dienone is 2. The fourth-order valence-corrected chi connectivity index (χ4v) is 4.14. The molecule has 156 valence electrons. The van der Waals surface area contributed by atoms with Crippen molar-refractivity contribution in [3.63, 3.8) is 0 Å². The average molecular weight is 434 g/mol. The van der Waals surface area contributed by atoms with Gasteiger partial charge < -0.3 is 10.2 Å². The van der Waals surface area contributed by atoms with Crippen LogP contribution in [0.5, 0.6) is 5.75 Å². The number of carboxylic acids is 1. The third-order valence-electron chi connectivity index (χ3n) is 4.45. The molecule has 7 heteroatoms. The molecule has 29 heavy (non-hydrogen) atoms. The van der Waals surface area contributed by atoms with Crippen LogP contribution in [0, 0.1) is 0 Å². The van der Waals surface area contributed by atoms with Gasteiger partial charge in [0, 0.05) is 11.1 Å². The van der Waals surface area contributed by atoms with Crippen LogP contribution in [-0.2, 0) is 20.4 Å². The number of hydrogen-bond acceptors (Lipinski definition) is 5. The molecule has 1 heterocycles. The number of thiocarbonyl (C=S) groups is 1. The summed E-state index contributed by atoms with van der Waals surface area (Å²) in [7, 11) is 0. The molecule has 0 radical (unpaired) electrons. The van der Waals surface area contributed by atoms with Crippen LogP contribution in [0.1, 0.15) is 58.2 Å². The van der Waals surface area contributed by atoms with Gasteiger partial charge in [-0.2, -0.15) is 0 Å². The molecule has 2 rings (SSSR count). The third-order valence-corrected chi connectivity index (χ3v) is 5.85. The molecule has 1 aromatic carbocycles. The molecular weight excluding hydrogens is 406 g/mol. The Morgan fingerprint density at radius 2 is 1.66 bits per heavy atom. The lowest BCUT2D eigenvalue weighted by molar-refractivity contribution is -0.140. The van der Waals surface area contributed by atoms with Gasteiger partial charge in [0.1, 0.15) is 16.6 Å². The molecule has 1 fully saturated rings. The van der Waals surface area contributed by atoms with E-state index in [1.807, 2.05) is 18.2 Å². The van der Waals surface area contributed by atoms with E-state index in [2.05, 4.69) is 41.5 Å². The van der Waals surface area contributed by atoms with E-state index in [1.54, 1.807) is 12.2 Å². The summed E-state index contributed by atoms with van der Waals surface area (Å²) in [6.07, 6.45) is 5.26. The van der Waals surface area contributed by atoms with Crippen molar-refractivity contribution in [2.24, 2.45) is 0 Å². The molecule has 1 aromatic rings. The quantitative estimate of drug-likeness (QED) is 0.523. The maximum atomic E-state index is 12.3. The fourth-order valence-electron chi connectivity index (χ4n) is 2.93. The normalized spacial score (nSPS) is 17.0. The van der Waals surface area contributed by atoms with E-state index in [0.29, 0.717) is 10.7 Å². The van der Waals surface area contributed by atoms with Crippen LogP contribution < -0.4 is 0 Å². The van der Waals surface area contributed by atoms with E-state index in [9.17, 15) is 14.7 Å². The Hall–Kier alpha value is -2.12. The molecule has 1 aliphatic heterocycles. The number of nitrogens with zero attached hydrogens (tertiary/aromatic N) is 1. The number of carbonyl (C=O) groups excluding carboxylic acids is 1. The molecule has 5 nitrogen and oxygen atoms in total. The number of hydrogen-bond donors (Lipinski definition) is 2. The Balaban J connectivity index is 2.38. The SMILES string of the molecule is CC(C)(C)c1cc(/C=C/C=C2\SC(=S)N(CC(=O)O)C2=O)cc(C(C)(C)C)c1O. The molecule has 2 N–H and O–H groups in total. The highest BCUT2D eigenvalue weighted by molar-refractivity contribution is 8.26. The summed E-state index contributed by atoms with van der Waals surface area (Å²) in [5, 5.41) is 19.7. The summed E-state index contributed by atoms with van der Waals surface area (Å²) >= 11 is 6.19. The van der Waals surface area contributed by atoms with Crippen molar-refractivity contribution in [2.75, 3.05) is 6.54 Å². The molecule has 1 saturated heterocycles. The lowest BCUT2D eigenvalue weighted by Gasteiger charge is -2.27. The maximum absolute atomic E-state index is 12.3. The van der Waals surface area contributed by atoms with Gasteiger partial charge in [0.15, 0.2) is 0 Å². The summed E-state index contributed by atoms with van der Waals surface area (Å²) < 4.78 is 0.242. The molecule has 0 aliphatic carbocycles. The van der Waals surface area contributed by atoms with Crippen LogP contribution >= 0.6 is 24.0 Å². The number of phenols is 1. The first-order chi connectivity index (χ1) is 13.2. The van der Waals surface area contributed by atoms with Crippen LogP contribution in [-0.4, -0.2) is 37.9 Å². The minimum atomic E-state index is -1.10. The summed E-state index contributed by atoms with van der Waals surface area (Å²) in [4.78, 5) is 24.7. The molecule has 0 unspecified atom stereocenters. The number of phenolic OH excluding ortho intramolecular Hbond substituents is 1. The van der Waals surface area contributed by atoms with Gasteiger partial charge in [-0.3, -0.25) is 14.5 Å². The van der Waals surface area contributed by atoms with Crippen molar-refractivity contribution in [3.8, 4) is 5.75 Å². The smallest absolute Gasteiger partial charge is 0.323 e. The van der Waals surface area contributed by atoms with E-state index >= 15 is 0 Å². The van der Waals surface area contributed by atoms with E-state index in [4.69, 9.17) is 17.3 Å². The number of amides is 1. The van der Waals surface area contributed by atoms with Crippen LogP contribution in [0.15, 0.2) is 29.2 Å². The van der Waals surface area contributed by atoms with Gasteiger partial charge in [0.25, 0.3) is 5.91 Å². The van der Waals surface area contributed by atoms with E-state index in [1.165, 1.54) is 0 Å². The molecular formula is C22H27NO4S2. The molecule has 0 bridgehead atoms. The number of thioether (sulfide) groups is 1. The van der Waals surface area contributed by atoms with Gasteiger partial charge in [-0.25, -0.2) is 0 Å². The van der Waals surface area contributed by atoms with Crippen molar-refractivity contribution in [1.29, 1.82) is 0 Å². The minimum absolute atomic E-state index is 0.229. The zero-order chi connectivity index (χ0) is 22.1. The highest BCUT2D eigenvalue weighted by atomic mass is 32.2. The first-order valence-corrected chi connectivity index (χ1v) is 10.5. The Kier molecular flexibility index (Phi) is 6.65. The predicted octanol–water partition coefficient (Wildman–Crippen LogP) is 4.83. The Labute approximate surface area is 181 Å². The minimum Gasteiger partial charge on any atom is -0.507 e. The molecule has 0 spiro atoms. The number of benzene rings is 1. The summed E-state index contributed by atoms with van der Waals surface area (Å²) in [6, 6.07) is 3.90. The van der Waals surface area contributed by atoms with E-state index in [-0.39, 0.29) is 15.2 Å². The topological polar surface area (TPSA) is 77.8 Å². The van der Waals surface area contributed by atoms with Gasteiger partial charge in [0.2, 0.25) is 0 Å². The zero-order valence-corrected chi connectivity index (χ0v) is 19.2. The summed E-state index contributed by atoms with van der Waals surface area (Å²) in [6.45, 7) is 11.9. The number of aromatic hydroxyl groups is 1. The standard InChI is InChI=1S/C22H27NO4S2/c1-21(2,3)14-10-13(11-15(18(14)26)22(4,5)6)8-7-9-16-19(27)23(12-17(24)25)20(28)29-16/h7-11,26H,12H2,1-6H3,(H,24,25)/b8-7+,16-9-. The van der Waals surface area contributed by atoms with Gasteiger partial charge >= 0.3 is 5.97 Å². The Morgan fingerprint density at radius 1 is 1.14 bits per heavy atom. The van der Waals surface area contributed by atoms with Gasteiger partial charge in [-0.15, -0.1) is 0 Å². The van der Waals surface area contributed by atoms with Crippen LogP contribution in [0.2, 0.25) is 0 Å². The first kappa shape index (κ1) is 23.2. The van der Waals surface area contributed by atoms with Gasteiger partial charge in [0.05, 0.1) is 4.91 Å². The molecule has 0 aromatic heterocycles. The predicted molar refractivity (Wildman–Crippen MR) is 122 cm³/mol. The van der Waals surface area contributed by atoms with E-state index < -0.39 is 18.4 Å². The Bertz CT molecular complexity index is 883. The van der Waals surface area contributed by atoms with Gasteiger partial charge in [-0.05, 0) is 34.6 Å². The van der Waals surface area contributed by atoms with Gasteiger partial charge in [-0.1, -0.05) is 77.7 Å². The average Bonchev–Trinajstić information content (AvgIpc) is 2.81. The second-order valence-electron chi connectivity index (χ2n) is 9.01. The van der Waals surface area contributed by atoms with Crippen molar-refractivity contribution in [2.45, 2.75) is 52.4 Å². The molecule has 1 amide bonds. The highest BCUT2D eigenvalue weighted by Gasteiger charge is 2.33. The van der Waals surface area contributed by atoms with Crippen molar-refractivity contribution in [1.82, 2.24) is 4.90 Å². The van der Waals surface area contributed by atoms with Crippen LogP contribution in [0.4, 0.5) is 0 Å². The number of aliphatic carboxylic acids is 1. The monoisotopic (exact) mass is 433 g/mol. The highest BCUT2D eigenvalue weighted by Crippen LogP contribution is 2.40. The second kappa shape index (κ2) is 8.32. The lowest BCUT2D eigenvalue weighted by Crippen LogP contribution is -2.33. The second-order valence-corrected chi connectivity index (χ2v) is 10.7. The number of carboxylic acid groups (broad SMARTS) is 1. The summed E-state index contributed by atoms with van der Waals surface area (Å²) in [5.74, 6) is -1.19. The molecule has 0 saturated carbocycles. The number of rotatable bonds is 4. The maximum Gasteiger partial charge on any atom is 0.323 e. The fraction of sp³-hybridized carbons (Fsp3) is 0.409. The number of carbonyl (C=O) groups is 2. The van der Waals surface area contributed by atoms with Crippen LogP contribution in [0.25, 0.3) is 6.08 Å². The summed E-state index contributed by atoms with van der Waals surface area (Å²) in [5.41, 5.74) is 2.17. The van der Waals surface area contributed by atoms with Crippen LogP contribution in [0.3, 0.4) is 0 Å². The molecule has 1 aliphatic rings. The first-order valence-electron chi connectivity index (χ1n) is 9.23.